The summed E-state index contributed by atoms with van der Waals surface area (Å²) in [6.45, 7) is 3.69. The molecule has 0 fully saturated rings. The van der Waals surface area contributed by atoms with Crippen molar-refractivity contribution in [1.29, 1.82) is 5.26 Å². The fourth-order valence-corrected chi connectivity index (χ4v) is 1.90. The molecule has 94 valence electrons. The van der Waals surface area contributed by atoms with Gasteiger partial charge in [0.25, 0.3) is 0 Å². The molecule has 2 N–H and O–H groups in total. The summed E-state index contributed by atoms with van der Waals surface area (Å²) in [5.41, 5.74) is 3.66. The maximum Gasteiger partial charge on any atom is 0.341 e. The fourth-order valence-electron chi connectivity index (χ4n) is 1.90. The van der Waals surface area contributed by atoms with E-state index >= 15 is 0 Å². The van der Waals surface area contributed by atoms with Crippen LogP contribution in [0.5, 0.6) is 0 Å². The molecule has 1 aliphatic heterocycles. The minimum absolute atomic E-state index is 0.0929. The Labute approximate surface area is 103 Å². The summed E-state index contributed by atoms with van der Waals surface area (Å²) in [7, 11) is 0. The lowest BCUT2D eigenvalue weighted by Crippen LogP contribution is -2.35. The number of carbonyl (C=O) groups excluding carboxylic acids is 2. The highest BCUT2D eigenvalue weighted by molar-refractivity contribution is 6.01. The first-order valence-electron chi connectivity index (χ1n) is 5.46. The van der Waals surface area contributed by atoms with E-state index in [2.05, 4.69) is 10.7 Å². The van der Waals surface area contributed by atoms with Crippen LogP contribution in [0.15, 0.2) is 0 Å². The van der Waals surface area contributed by atoms with E-state index in [4.69, 9.17) is 10.00 Å². The Bertz CT molecular complexity index is 568. The van der Waals surface area contributed by atoms with E-state index in [1.54, 1.807) is 13.8 Å². The van der Waals surface area contributed by atoms with Crippen molar-refractivity contribution in [1.82, 2.24) is 4.68 Å². The monoisotopic (exact) mass is 248 g/mol. The van der Waals surface area contributed by atoms with Gasteiger partial charge in [0, 0.05) is 0 Å². The van der Waals surface area contributed by atoms with Crippen molar-refractivity contribution in [2.24, 2.45) is 0 Å². The molecule has 0 unspecified atom stereocenters. The zero-order valence-electron chi connectivity index (χ0n) is 10.0. The van der Waals surface area contributed by atoms with Crippen molar-refractivity contribution >= 4 is 17.7 Å². The van der Waals surface area contributed by atoms with Crippen LogP contribution in [0.25, 0.3) is 0 Å². The summed E-state index contributed by atoms with van der Waals surface area (Å²) in [5, 5.41) is 11.7. The molecule has 0 radical (unpaired) electrons. The van der Waals surface area contributed by atoms with Gasteiger partial charge in [0.15, 0.2) is 5.82 Å². The number of nitrogens with zero attached hydrogens (tertiary/aromatic N) is 2. The summed E-state index contributed by atoms with van der Waals surface area (Å²) >= 11 is 0. The number of nitriles is 1. The molecule has 0 aliphatic carbocycles. The molecule has 2 heterocycles. The highest BCUT2D eigenvalue weighted by Crippen LogP contribution is 2.27. The average molecular weight is 248 g/mol. The van der Waals surface area contributed by atoms with Crippen LogP contribution in [0.1, 0.15) is 28.5 Å². The Morgan fingerprint density at radius 1 is 1.61 bits per heavy atom. The molecule has 0 spiro atoms. The molecular formula is C11H12N4O3. The zero-order valence-corrected chi connectivity index (χ0v) is 10.0. The molecule has 0 saturated heterocycles. The standard InChI is InChI=1S/C11H12N4O3/c1-3-18-11(17)9-6(2)15-10(7(9)4-12)14-8(16)5-13-15/h13H,3,5H2,1-2H3,(H,14,16). The van der Waals surface area contributed by atoms with E-state index in [-0.39, 0.29) is 36.0 Å². The van der Waals surface area contributed by atoms with E-state index < -0.39 is 5.97 Å². The van der Waals surface area contributed by atoms with E-state index in [1.165, 1.54) is 4.68 Å². The smallest absolute Gasteiger partial charge is 0.341 e. The predicted molar refractivity (Wildman–Crippen MR) is 62.7 cm³/mol. The molecule has 2 rings (SSSR count). The number of amides is 1. The van der Waals surface area contributed by atoms with E-state index in [9.17, 15) is 9.59 Å². The molecule has 7 heteroatoms. The number of ether oxygens (including phenoxy) is 1. The topological polar surface area (TPSA) is 96.2 Å². The molecule has 1 aliphatic rings. The highest BCUT2D eigenvalue weighted by Gasteiger charge is 2.29. The van der Waals surface area contributed by atoms with Crippen LogP contribution in [0.3, 0.4) is 0 Å². The first-order valence-corrected chi connectivity index (χ1v) is 5.46. The molecule has 0 bridgehead atoms. The molecule has 1 aromatic heterocycles. The third kappa shape index (κ3) is 1.68. The van der Waals surface area contributed by atoms with Crippen molar-refractivity contribution in [2.45, 2.75) is 13.8 Å². The van der Waals surface area contributed by atoms with Gasteiger partial charge in [0.2, 0.25) is 5.91 Å². The van der Waals surface area contributed by atoms with Gasteiger partial charge in [-0.15, -0.1) is 0 Å². The molecule has 1 amide bonds. The van der Waals surface area contributed by atoms with E-state index in [0.29, 0.717) is 5.69 Å². The van der Waals surface area contributed by atoms with Crippen LogP contribution < -0.4 is 10.7 Å². The normalized spacial score (nSPS) is 13.1. The first-order chi connectivity index (χ1) is 8.60. The quantitative estimate of drug-likeness (QED) is 0.736. The minimum atomic E-state index is -0.565. The van der Waals surface area contributed by atoms with Crippen LogP contribution >= 0.6 is 0 Å². The van der Waals surface area contributed by atoms with Gasteiger partial charge in [0.05, 0.1) is 12.3 Å². The number of aromatic nitrogens is 1. The third-order valence-electron chi connectivity index (χ3n) is 2.65. The molecule has 0 aromatic carbocycles. The lowest BCUT2D eigenvalue weighted by atomic mass is 10.1. The number of hydrogen-bond acceptors (Lipinski definition) is 5. The van der Waals surface area contributed by atoms with Crippen LogP contribution in [0.4, 0.5) is 5.82 Å². The van der Waals surface area contributed by atoms with Crippen molar-refractivity contribution in [3.63, 3.8) is 0 Å². The number of anilines is 1. The molecule has 0 atom stereocenters. The number of rotatable bonds is 2. The Balaban J connectivity index is 2.58. The number of nitrogens with one attached hydrogen (secondary N) is 2. The largest absolute Gasteiger partial charge is 0.462 e. The Hall–Kier alpha value is -2.49. The van der Waals surface area contributed by atoms with Crippen molar-refractivity contribution < 1.29 is 14.3 Å². The molecule has 18 heavy (non-hydrogen) atoms. The number of esters is 1. The second-order valence-electron chi connectivity index (χ2n) is 3.73. The summed E-state index contributed by atoms with van der Waals surface area (Å²) < 4.78 is 6.43. The zero-order chi connectivity index (χ0) is 13.3. The van der Waals surface area contributed by atoms with Gasteiger partial charge in [0.1, 0.15) is 23.7 Å². The molecule has 0 saturated carbocycles. The number of fused-ring (bicyclic) bond motifs is 1. The Kier molecular flexibility index (Phi) is 2.93. The SMILES string of the molecule is CCOC(=O)c1c(C#N)c2n(c1C)NCC(=O)N2. The van der Waals surface area contributed by atoms with Gasteiger partial charge >= 0.3 is 5.97 Å². The van der Waals surface area contributed by atoms with Crippen molar-refractivity contribution in [2.75, 3.05) is 23.9 Å². The summed E-state index contributed by atoms with van der Waals surface area (Å²) in [6.07, 6.45) is 0. The first kappa shape index (κ1) is 12.0. The van der Waals surface area contributed by atoms with Crippen LogP contribution in [0, 0.1) is 18.3 Å². The van der Waals surface area contributed by atoms with Gasteiger partial charge in [-0.25, -0.2) is 9.47 Å². The summed E-state index contributed by atoms with van der Waals surface area (Å²) in [4.78, 5) is 23.1. The summed E-state index contributed by atoms with van der Waals surface area (Å²) in [6, 6.07) is 1.93. The second kappa shape index (κ2) is 4.41. The third-order valence-corrected chi connectivity index (χ3v) is 2.65. The highest BCUT2D eigenvalue weighted by atomic mass is 16.5. The molecular weight excluding hydrogens is 236 g/mol. The van der Waals surface area contributed by atoms with E-state index in [0.717, 1.165) is 0 Å². The van der Waals surface area contributed by atoms with Crippen LogP contribution in [-0.4, -0.2) is 29.7 Å². The fraction of sp³-hybridized carbons (Fsp3) is 0.364. The average Bonchev–Trinajstić information content (AvgIpc) is 2.61. The van der Waals surface area contributed by atoms with Crippen molar-refractivity contribution in [3.05, 3.63) is 16.8 Å². The van der Waals surface area contributed by atoms with Gasteiger partial charge in [-0.3, -0.25) is 4.79 Å². The lowest BCUT2D eigenvalue weighted by Gasteiger charge is -2.19. The Morgan fingerprint density at radius 3 is 2.94 bits per heavy atom. The van der Waals surface area contributed by atoms with E-state index in [1.807, 2.05) is 6.07 Å². The number of hydrogen-bond donors (Lipinski definition) is 2. The lowest BCUT2D eigenvalue weighted by molar-refractivity contribution is -0.115. The summed E-state index contributed by atoms with van der Waals surface area (Å²) in [5.74, 6) is -0.536. The van der Waals surface area contributed by atoms with Crippen molar-refractivity contribution in [3.8, 4) is 6.07 Å². The molecule has 7 nitrogen and oxygen atoms in total. The van der Waals surface area contributed by atoms with Gasteiger partial charge in [-0.05, 0) is 13.8 Å². The maximum absolute atomic E-state index is 11.8. The Morgan fingerprint density at radius 2 is 2.33 bits per heavy atom. The number of carbonyl (C=O) groups is 2. The predicted octanol–water partition coefficient (Wildman–Crippen LogP) is 0.341. The second-order valence-corrected chi connectivity index (χ2v) is 3.73. The van der Waals surface area contributed by atoms with Gasteiger partial charge in [-0.2, -0.15) is 5.26 Å². The minimum Gasteiger partial charge on any atom is -0.462 e. The van der Waals surface area contributed by atoms with Gasteiger partial charge < -0.3 is 15.5 Å². The molecule has 1 aromatic rings. The maximum atomic E-state index is 11.8. The van der Waals surface area contributed by atoms with Gasteiger partial charge in [-0.1, -0.05) is 0 Å². The van der Waals surface area contributed by atoms with Crippen LogP contribution in [-0.2, 0) is 9.53 Å². The van der Waals surface area contributed by atoms with Crippen LogP contribution in [0.2, 0.25) is 0 Å².